The first-order valence-electron chi connectivity index (χ1n) is 6.99. The van der Waals surface area contributed by atoms with Gasteiger partial charge in [0.2, 0.25) is 0 Å². The molecule has 21 heavy (non-hydrogen) atoms. The Morgan fingerprint density at radius 1 is 1.43 bits per heavy atom. The molecule has 0 unspecified atom stereocenters. The third-order valence-corrected chi connectivity index (χ3v) is 3.28. The van der Waals surface area contributed by atoms with Crippen molar-refractivity contribution in [3.8, 4) is 5.75 Å². The van der Waals surface area contributed by atoms with Gasteiger partial charge in [-0.1, -0.05) is 0 Å². The number of hydrogen-bond acceptors (Lipinski definition) is 5. The fourth-order valence-electron chi connectivity index (χ4n) is 2.29. The van der Waals surface area contributed by atoms with Gasteiger partial charge in [-0.25, -0.2) is 4.79 Å². The first kappa shape index (κ1) is 15.1. The van der Waals surface area contributed by atoms with E-state index in [0.29, 0.717) is 11.4 Å². The van der Waals surface area contributed by atoms with Crippen LogP contribution >= 0.6 is 0 Å². The van der Waals surface area contributed by atoms with E-state index in [2.05, 4.69) is 5.32 Å². The molecule has 1 N–H and O–H groups in total. The molecule has 0 heterocycles. The molecule has 1 aromatic rings. The zero-order valence-electron chi connectivity index (χ0n) is 11.8. The summed E-state index contributed by atoms with van der Waals surface area (Å²) in [5.41, 5.74) is 0.309. The van der Waals surface area contributed by atoms with Gasteiger partial charge in [-0.3, -0.25) is 15.4 Å². The van der Waals surface area contributed by atoms with Gasteiger partial charge in [-0.2, -0.15) is 0 Å². The summed E-state index contributed by atoms with van der Waals surface area (Å²) >= 11 is 0. The second kappa shape index (κ2) is 6.92. The number of carbonyl (C=O) groups is 1. The van der Waals surface area contributed by atoms with Crippen LogP contribution in [-0.2, 0) is 4.74 Å². The minimum atomic E-state index is -0.609. The van der Waals surface area contributed by atoms with Gasteiger partial charge in [0.15, 0.2) is 0 Å². The average molecular weight is 294 g/mol. The van der Waals surface area contributed by atoms with Crippen molar-refractivity contribution in [2.45, 2.75) is 38.7 Å². The molecule has 1 fully saturated rings. The maximum atomic E-state index is 11.5. The van der Waals surface area contributed by atoms with Crippen molar-refractivity contribution in [3.63, 3.8) is 0 Å². The summed E-state index contributed by atoms with van der Waals surface area (Å²) in [6, 6.07) is 4.11. The summed E-state index contributed by atoms with van der Waals surface area (Å²) < 4.78 is 10.6. The molecule has 1 saturated carbocycles. The van der Waals surface area contributed by atoms with Crippen LogP contribution in [0, 0.1) is 10.1 Å². The van der Waals surface area contributed by atoms with E-state index in [1.807, 2.05) is 0 Å². The molecular weight excluding hydrogens is 276 g/mol. The predicted molar refractivity (Wildman–Crippen MR) is 76.6 cm³/mol. The van der Waals surface area contributed by atoms with Crippen LogP contribution in [-0.4, -0.2) is 23.7 Å². The summed E-state index contributed by atoms with van der Waals surface area (Å²) in [4.78, 5) is 21.9. The Labute approximate surface area is 122 Å². The molecule has 1 aliphatic rings. The lowest BCUT2D eigenvalue weighted by molar-refractivity contribution is -0.384. The number of carbonyl (C=O) groups excluding carboxylic acids is 1. The van der Waals surface area contributed by atoms with Crippen LogP contribution < -0.4 is 10.1 Å². The maximum absolute atomic E-state index is 11.5. The number of amides is 1. The van der Waals surface area contributed by atoms with Crippen molar-refractivity contribution in [2.75, 3.05) is 11.9 Å². The highest BCUT2D eigenvalue weighted by Gasteiger charge is 2.21. The molecule has 7 nitrogen and oxygen atoms in total. The highest BCUT2D eigenvalue weighted by Crippen LogP contribution is 2.33. The first-order chi connectivity index (χ1) is 10.1. The largest absolute Gasteiger partial charge is 0.488 e. The number of nitrogens with one attached hydrogen (secondary N) is 1. The van der Waals surface area contributed by atoms with Crippen LogP contribution in [0.15, 0.2) is 18.2 Å². The van der Waals surface area contributed by atoms with E-state index in [4.69, 9.17) is 9.47 Å². The Morgan fingerprint density at radius 2 is 2.14 bits per heavy atom. The second-order valence-corrected chi connectivity index (χ2v) is 4.81. The number of nitrogens with zero attached hydrogens (tertiary/aromatic N) is 1. The van der Waals surface area contributed by atoms with E-state index >= 15 is 0 Å². The maximum Gasteiger partial charge on any atom is 0.411 e. The van der Waals surface area contributed by atoms with Crippen LogP contribution in [0.2, 0.25) is 0 Å². The molecule has 0 aromatic heterocycles. The number of rotatable bonds is 5. The minimum Gasteiger partial charge on any atom is -0.488 e. The van der Waals surface area contributed by atoms with Crippen LogP contribution in [0.5, 0.6) is 5.75 Å². The Kier molecular flexibility index (Phi) is 4.97. The molecule has 1 aromatic carbocycles. The van der Waals surface area contributed by atoms with E-state index in [9.17, 15) is 14.9 Å². The number of nitro benzene ring substituents is 1. The smallest absolute Gasteiger partial charge is 0.411 e. The monoisotopic (exact) mass is 294 g/mol. The molecule has 0 radical (unpaired) electrons. The summed E-state index contributed by atoms with van der Waals surface area (Å²) in [6.07, 6.45) is 3.43. The lowest BCUT2D eigenvalue weighted by Gasteiger charge is -2.16. The minimum absolute atomic E-state index is 0.0368. The van der Waals surface area contributed by atoms with Gasteiger partial charge in [0.1, 0.15) is 5.75 Å². The number of hydrogen-bond donors (Lipinski definition) is 1. The molecule has 1 aliphatic carbocycles. The summed E-state index contributed by atoms with van der Waals surface area (Å²) in [7, 11) is 0. The molecule has 0 bridgehead atoms. The van der Waals surface area contributed by atoms with E-state index in [1.54, 1.807) is 6.92 Å². The highest BCUT2D eigenvalue weighted by atomic mass is 16.6. The van der Waals surface area contributed by atoms with Crippen molar-refractivity contribution < 1.29 is 19.2 Å². The lowest BCUT2D eigenvalue weighted by Crippen LogP contribution is -2.16. The zero-order valence-corrected chi connectivity index (χ0v) is 11.8. The zero-order chi connectivity index (χ0) is 15.2. The molecule has 1 amide bonds. The van der Waals surface area contributed by atoms with Crippen LogP contribution in [0.1, 0.15) is 32.6 Å². The van der Waals surface area contributed by atoms with Gasteiger partial charge >= 0.3 is 6.09 Å². The number of non-ortho nitro benzene ring substituents is 1. The van der Waals surface area contributed by atoms with Gasteiger partial charge in [0.25, 0.3) is 5.69 Å². The predicted octanol–water partition coefficient (Wildman–Crippen LogP) is 3.48. The van der Waals surface area contributed by atoms with Crippen molar-refractivity contribution >= 4 is 17.5 Å². The van der Waals surface area contributed by atoms with Crippen molar-refractivity contribution in [1.82, 2.24) is 0 Å². The molecule has 0 saturated heterocycles. The standard InChI is InChI=1S/C14H18N2O5/c1-2-20-14(17)15-12-8-7-10(16(18)19)9-13(12)21-11-5-3-4-6-11/h7-9,11H,2-6H2,1H3,(H,15,17). The van der Waals surface area contributed by atoms with E-state index < -0.39 is 11.0 Å². The van der Waals surface area contributed by atoms with Gasteiger partial charge < -0.3 is 9.47 Å². The van der Waals surface area contributed by atoms with Crippen LogP contribution in [0.4, 0.5) is 16.2 Å². The van der Waals surface area contributed by atoms with E-state index in [1.165, 1.54) is 18.2 Å². The normalized spacial score (nSPS) is 14.7. The van der Waals surface area contributed by atoms with Gasteiger partial charge in [-0.15, -0.1) is 0 Å². The average Bonchev–Trinajstić information content (AvgIpc) is 2.93. The molecule has 2 rings (SSSR count). The Morgan fingerprint density at radius 3 is 2.76 bits per heavy atom. The SMILES string of the molecule is CCOC(=O)Nc1ccc([N+](=O)[O-])cc1OC1CCCC1. The fourth-order valence-corrected chi connectivity index (χ4v) is 2.29. The van der Waals surface area contributed by atoms with Crippen molar-refractivity contribution in [3.05, 3.63) is 28.3 Å². The fraction of sp³-hybridized carbons (Fsp3) is 0.500. The number of anilines is 1. The Bertz CT molecular complexity index is 526. The van der Waals surface area contributed by atoms with Gasteiger partial charge in [0, 0.05) is 6.07 Å². The number of ether oxygens (including phenoxy) is 2. The summed E-state index contributed by atoms with van der Waals surface area (Å²) in [6.45, 7) is 1.95. The van der Waals surface area contributed by atoms with Crippen molar-refractivity contribution in [2.24, 2.45) is 0 Å². The second-order valence-electron chi connectivity index (χ2n) is 4.81. The molecule has 0 spiro atoms. The van der Waals surface area contributed by atoms with Crippen LogP contribution in [0.3, 0.4) is 0 Å². The topological polar surface area (TPSA) is 90.7 Å². The van der Waals surface area contributed by atoms with Gasteiger partial charge in [0.05, 0.1) is 29.4 Å². The Balaban J connectivity index is 2.20. The third-order valence-electron chi connectivity index (χ3n) is 3.28. The van der Waals surface area contributed by atoms with E-state index in [0.717, 1.165) is 25.7 Å². The lowest BCUT2D eigenvalue weighted by atomic mass is 10.2. The first-order valence-corrected chi connectivity index (χ1v) is 6.99. The number of benzene rings is 1. The molecule has 0 aliphatic heterocycles. The number of nitro groups is 1. The van der Waals surface area contributed by atoms with E-state index in [-0.39, 0.29) is 18.4 Å². The molecular formula is C14H18N2O5. The molecule has 0 atom stereocenters. The summed E-state index contributed by atoms with van der Waals surface area (Å²) in [5.74, 6) is 0.309. The quantitative estimate of drug-likeness (QED) is 0.663. The molecule has 114 valence electrons. The third kappa shape index (κ3) is 4.08. The van der Waals surface area contributed by atoms with Crippen molar-refractivity contribution in [1.29, 1.82) is 0 Å². The van der Waals surface area contributed by atoms with Crippen LogP contribution in [0.25, 0.3) is 0 Å². The Hall–Kier alpha value is -2.31. The highest BCUT2D eigenvalue weighted by molar-refractivity contribution is 5.87. The molecule has 7 heteroatoms. The van der Waals surface area contributed by atoms with Gasteiger partial charge in [-0.05, 0) is 38.7 Å². The summed E-state index contributed by atoms with van der Waals surface area (Å²) in [5, 5.41) is 13.4.